The molecule has 8 nitrogen and oxygen atoms in total. The molecule has 8 heteroatoms. The van der Waals surface area contributed by atoms with Crippen molar-refractivity contribution in [2.24, 2.45) is 5.41 Å². The minimum atomic E-state index is -1.04. The van der Waals surface area contributed by atoms with Crippen LogP contribution in [0.2, 0.25) is 0 Å². The number of pyridine rings is 2. The molecule has 1 aliphatic heterocycles. The number of carbonyl (C=O) groups is 2. The summed E-state index contributed by atoms with van der Waals surface area (Å²) in [5.41, 5.74) is 3.69. The molecule has 1 aromatic carbocycles. The third kappa shape index (κ3) is 8.07. The molecule has 3 heterocycles. The molecule has 1 aliphatic rings. The minimum absolute atomic E-state index is 0.0499. The summed E-state index contributed by atoms with van der Waals surface area (Å²) in [7, 11) is 0. The first-order valence-electron chi connectivity index (χ1n) is 14.0. The molecule has 40 heavy (non-hydrogen) atoms. The van der Waals surface area contributed by atoms with E-state index in [2.05, 4.69) is 32.2 Å². The number of carboxylic acid groups (broad SMARTS) is 1. The number of nitrogens with one attached hydrogen (secondary N) is 1. The van der Waals surface area contributed by atoms with Crippen LogP contribution in [0.4, 0.5) is 5.69 Å². The highest BCUT2D eigenvalue weighted by molar-refractivity contribution is 5.94. The Kier molecular flexibility index (Phi) is 10.2. The fraction of sp³-hybridized carbons (Fsp3) is 0.375. The molecular formula is C32H39N5O3. The van der Waals surface area contributed by atoms with Crippen LogP contribution in [0.25, 0.3) is 12.2 Å². The molecule has 1 amide bonds. The number of benzene rings is 1. The molecule has 0 radical (unpaired) electrons. The van der Waals surface area contributed by atoms with Crippen molar-refractivity contribution in [3.05, 3.63) is 89.5 Å². The second kappa shape index (κ2) is 14.0. The van der Waals surface area contributed by atoms with Crippen molar-refractivity contribution in [2.45, 2.75) is 46.2 Å². The number of carbonyl (C=O) groups excluding carboxylic acids is 1. The van der Waals surface area contributed by atoms with E-state index in [1.807, 2.05) is 80.9 Å². The Bertz CT molecular complexity index is 1300. The normalized spacial score (nSPS) is 14.8. The smallest absolute Gasteiger partial charge is 0.310 e. The summed E-state index contributed by atoms with van der Waals surface area (Å²) in [4.78, 5) is 38.3. The number of aromatic nitrogens is 2. The first kappa shape index (κ1) is 29.1. The van der Waals surface area contributed by atoms with E-state index in [1.54, 1.807) is 0 Å². The summed E-state index contributed by atoms with van der Waals surface area (Å²) in [6, 6.07) is 17.7. The van der Waals surface area contributed by atoms with E-state index in [1.165, 1.54) is 5.56 Å². The van der Waals surface area contributed by atoms with Gasteiger partial charge in [-0.25, -0.2) is 0 Å². The van der Waals surface area contributed by atoms with Crippen LogP contribution in [0, 0.1) is 5.41 Å². The molecule has 1 saturated heterocycles. The van der Waals surface area contributed by atoms with Gasteiger partial charge in [0.15, 0.2) is 0 Å². The fourth-order valence-electron chi connectivity index (χ4n) is 5.06. The Morgan fingerprint density at radius 2 is 1.68 bits per heavy atom. The van der Waals surface area contributed by atoms with Crippen molar-refractivity contribution in [2.75, 3.05) is 31.5 Å². The summed E-state index contributed by atoms with van der Waals surface area (Å²) in [6.45, 7) is 9.43. The standard InChI is InChI=1S/C32H39N5O3/c1-3-32(4-2,31(39)40)21-30(38)35-28-11-5-8-25(20-28)13-14-27-10-6-12-29(34-27)24-37-18-16-36(17-19-37)23-26-9-7-15-33-22-26/h5-15,20,22H,3-4,16-19,21,23-24H2,1-2H3,(H,35,38)(H,39,40). The molecule has 2 aromatic heterocycles. The van der Waals surface area contributed by atoms with Crippen LogP contribution >= 0.6 is 0 Å². The number of nitrogens with zero attached hydrogens (tertiary/aromatic N) is 4. The zero-order valence-corrected chi connectivity index (χ0v) is 23.4. The van der Waals surface area contributed by atoms with Gasteiger partial charge in [-0.2, -0.15) is 0 Å². The predicted molar refractivity (Wildman–Crippen MR) is 158 cm³/mol. The molecule has 4 rings (SSSR count). The Labute approximate surface area is 236 Å². The molecule has 0 aliphatic carbocycles. The number of hydrogen-bond donors (Lipinski definition) is 2. The average molecular weight is 542 g/mol. The molecule has 0 spiro atoms. The largest absolute Gasteiger partial charge is 0.481 e. The highest BCUT2D eigenvalue weighted by atomic mass is 16.4. The number of rotatable bonds is 12. The number of piperazine rings is 1. The Morgan fingerprint density at radius 3 is 2.35 bits per heavy atom. The first-order valence-corrected chi connectivity index (χ1v) is 14.0. The summed E-state index contributed by atoms with van der Waals surface area (Å²) in [5.74, 6) is -1.22. The van der Waals surface area contributed by atoms with Crippen LogP contribution < -0.4 is 5.32 Å². The number of aliphatic carboxylic acids is 1. The molecule has 0 unspecified atom stereocenters. The van der Waals surface area contributed by atoms with Gasteiger partial charge in [-0.15, -0.1) is 0 Å². The number of carboxylic acids is 1. The van der Waals surface area contributed by atoms with Crippen LogP contribution in [-0.2, 0) is 22.7 Å². The average Bonchev–Trinajstić information content (AvgIpc) is 2.97. The zero-order chi connectivity index (χ0) is 28.4. The van der Waals surface area contributed by atoms with Gasteiger partial charge in [-0.3, -0.25) is 29.4 Å². The molecule has 1 fully saturated rings. The van der Waals surface area contributed by atoms with E-state index in [0.717, 1.165) is 56.2 Å². The van der Waals surface area contributed by atoms with Gasteiger partial charge in [0.2, 0.25) is 5.91 Å². The van der Waals surface area contributed by atoms with Crippen molar-refractivity contribution >= 4 is 29.7 Å². The van der Waals surface area contributed by atoms with E-state index in [9.17, 15) is 14.7 Å². The lowest BCUT2D eigenvalue weighted by Gasteiger charge is -2.34. The number of amides is 1. The topological polar surface area (TPSA) is 98.7 Å². The maximum Gasteiger partial charge on any atom is 0.310 e. The van der Waals surface area contributed by atoms with Gasteiger partial charge in [0.25, 0.3) is 0 Å². The number of anilines is 1. The van der Waals surface area contributed by atoms with Gasteiger partial charge in [0, 0.05) is 63.8 Å². The molecule has 3 aromatic rings. The molecular weight excluding hydrogens is 502 g/mol. The van der Waals surface area contributed by atoms with Crippen LogP contribution in [0.5, 0.6) is 0 Å². The van der Waals surface area contributed by atoms with Crippen LogP contribution in [0.1, 0.15) is 55.6 Å². The van der Waals surface area contributed by atoms with Gasteiger partial charge >= 0.3 is 5.97 Å². The lowest BCUT2D eigenvalue weighted by molar-refractivity contribution is -0.151. The second-order valence-corrected chi connectivity index (χ2v) is 10.4. The maximum absolute atomic E-state index is 12.6. The Morgan fingerprint density at radius 1 is 0.950 bits per heavy atom. The van der Waals surface area contributed by atoms with Crippen LogP contribution in [-0.4, -0.2) is 62.9 Å². The molecule has 0 saturated carbocycles. The van der Waals surface area contributed by atoms with Gasteiger partial charge in [0.1, 0.15) is 0 Å². The second-order valence-electron chi connectivity index (χ2n) is 10.4. The van der Waals surface area contributed by atoms with Crippen molar-refractivity contribution in [1.82, 2.24) is 19.8 Å². The maximum atomic E-state index is 12.6. The number of hydrogen-bond acceptors (Lipinski definition) is 6. The summed E-state index contributed by atoms with van der Waals surface area (Å²) in [5, 5.41) is 12.5. The summed E-state index contributed by atoms with van der Waals surface area (Å²) in [6.07, 6.45) is 8.45. The van der Waals surface area contributed by atoms with Crippen molar-refractivity contribution in [1.29, 1.82) is 0 Å². The van der Waals surface area contributed by atoms with Crippen molar-refractivity contribution in [3.63, 3.8) is 0 Å². The molecule has 2 N–H and O–H groups in total. The molecule has 210 valence electrons. The summed E-state index contributed by atoms with van der Waals surface area (Å²) < 4.78 is 0. The zero-order valence-electron chi connectivity index (χ0n) is 23.4. The Balaban J connectivity index is 1.30. The first-order chi connectivity index (χ1) is 19.4. The van der Waals surface area contributed by atoms with E-state index in [4.69, 9.17) is 4.98 Å². The van der Waals surface area contributed by atoms with E-state index in [0.29, 0.717) is 18.5 Å². The van der Waals surface area contributed by atoms with E-state index < -0.39 is 11.4 Å². The highest BCUT2D eigenvalue weighted by Gasteiger charge is 2.37. The quantitative estimate of drug-likeness (QED) is 0.326. The SMILES string of the molecule is CCC(CC)(CC(=O)Nc1cccc(C=Cc2cccc(CN3CCN(Cc4cccnc4)CC3)n2)c1)C(=O)O. The third-order valence-electron chi connectivity index (χ3n) is 7.73. The summed E-state index contributed by atoms with van der Waals surface area (Å²) >= 11 is 0. The van der Waals surface area contributed by atoms with E-state index >= 15 is 0 Å². The van der Waals surface area contributed by atoms with Crippen molar-refractivity contribution in [3.8, 4) is 0 Å². The monoisotopic (exact) mass is 541 g/mol. The van der Waals surface area contributed by atoms with Gasteiger partial charge in [-0.1, -0.05) is 44.2 Å². The highest BCUT2D eigenvalue weighted by Crippen LogP contribution is 2.31. The van der Waals surface area contributed by atoms with Crippen molar-refractivity contribution < 1.29 is 14.7 Å². The Hall–Kier alpha value is -3.88. The van der Waals surface area contributed by atoms with E-state index in [-0.39, 0.29) is 12.3 Å². The third-order valence-corrected chi connectivity index (χ3v) is 7.73. The van der Waals surface area contributed by atoms with Gasteiger partial charge < -0.3 is 10.4 Å². The van der Waals surface area contributed by atoms with Gasteiger partial charge in [-0.05, 0) is 60.4 Å². The van der Waals surface area contributed by atoms with Crippen LogP contribution in [0.15, 0.2) is 67.0 Å². The lowest BCUT2D eigenvalue weighted by Crippen LogP contribution is -2.45. The molecule has 0 atom stereocenters. The lowest BCUT2D eigenvalue weighted by atomic mass is 9.79. The van der Waals surface area contributed by atoms with Gasteiger partial charge in [0.05, 0.1) is 16.8 Å². The molecule has 0 bridgehead atoms. The van der Waals surface area contributed by atoms with Crippen LogP contribution in [0.3, 0.4) is 0 Å². The fourth-order valence-corrected chi connectivity index (χ4v) is 5.06. The predicted octanol–water partition coefficient (Wildman–Crippen LogP) is 5.18. The minimum Gasteiger partial charge on any atom is -0.481 e.